The summed E-state index contributed by atoms with van der Waals surface area (Å²) in [6.45, 7) is 3.35. The number of hydrogen-bond acceptors (Lipinski definition) is 5. The molecule has 3 rings (SSSR count). The molecule has 2 amide bonds. The van der Waals surface area contributed by atoms with Gasteiger partial charge in [-0.2, -0.15) is 0 Å². The Kier molecular flexibility index (Phi) is 5.93. The van der Waals surface area contributed by atoms with E-state index in [9.17, 15) is 14.4 Å². The molecule has 1 heterocycles. The Morgan fingerprint density at radius 3 is 2.79 bits per heavy atom. The van der Waals surface area contributed by atoms with Crippen molar-refractivity contribution in [2.45, 2.75) is 20.3 Å². The summed E-state index contributed by atoms with van der Waals surface area (Å²) >= 11 is 0. The second kappa shape index (κ2) is 8.56. The quantitative estimate of drug-likeness (QED) is 0.804. The normalized spacial score (nSPS) is 13.2. The van der Waals surface area contributed by atoms with Crippen LogP contribution < -0.4 is 15.0 Å². The van der Waals surface area contributed by atoms with Gasteiger partial charge in [-0.25, -0.2) is 0 Å². The molecule has 1 aliphatic rings. The maximum Gasteiger partial charge on any atom is 0.326 e. The fraction of sp³-hybridized carbons (Fsp3) is 0.286. The van der Waals surface area contributed by atoms with Crippen molar-refractivity contribution in [3.63, 3.8) is 0 Å². The minimum atomic E-state index is -0.666. The fourth-order valence-electron chi connectivity index (χ4n) is 2.87. The number of esters is 1. The SMILES string of the molecule is Cc1ccc(C)c(NC(=O)COC(=O)CN2C(=O)CCOc3ccccc32)c1. The van der Waals surface area contributed by atoms with Crippen molar-refractivity contribution in [3.05, 3.63) is 53.6 Å². The van der Waals surface area contributed by atoms with Crippen molar-refractivity contribution in [3.8, 4) is 5.75 Å². The van der Waals surface area contributed by atoms with Crippen molar-refractivity contribution >= 4 is 29.2 Å². The van der Waals surface area contributed by atoms with Gasteiger partial charge in [-0.3, -0.25) is 19.3 Å². The van der Waals surface area contributed by atoms with E-state index < -0.39 is 18.5 Å². The first-order valence-corrected chi connectivity index (χ1v) is 8.99. The van der Waals surface area contributed by atoms with Gasteiger partial charge in [-0.05, 0) is 43.2 Å². The highest BCUT2D eigenvalue weighted by atomic mass is 16.5. The van der Waals surface area contributed by atoms with E-state index in [4.69, 9.17) is 9.47 Å². The number of anilines is 2. The molecular weight excluding hydrogens is 360 g/mol. The van der Waals surface area contributed by atoms with Crippen LogP contribution >= 0.6 is 0 Å². The van der Waals surface area contributed by atoms with E-state index in [1.165, 1.54) is 4.90 Å². The first-order valence-electron chi connectivity index (χ1n) is 8.99. The minimum Gasteiger partial charge on any atom is -0.491 e. The molecule has 0 saturated carbocycles. The van der Waals surface area contributed by atoms with E-state index in [-0.39, 0.29) is 25.5 Å². The number of carbonyl (C=O) groups excluding carboxylic acids is 3. The van der Waals surface area contributed by atoms with Crippen LogP contribution in [0.4, 0.5) is 11.4 Å². The van der Waals surface area contributed by atoms with E-state index in [0.717, 1.165) is 11.1 Å². The summed E-state index contributed by atoms with van der Waals surface area (Å²) in [5.74, 6) is -0.801. The number of aryl methyl sites for hydroxylation is 2. The summed E-state index contributed by atoms with van der Waals surface area (Å²) in [7, 11) is 0. The Hall–Kier alpha value is -3.35. The van der Waals surface area contributed by atoms with E-state index in [2.05, 4.69) is 5.32 Å². The number of hydrogen-bond donors (Lipinski definition) is 1. The van der Waals surface area contributed by atoms with Crippen LogP contribution in [-0.4, -0.2) is 37.5 Å². The van der Waals surface area contributed by atoms with E-state index in [1.807, 2.05) is 32.0 Å². The van der Waals surface area contributed by atoms with E-state index in [0.29, 0.717) is 17.1 Å². The Morgan fingerprint density at radius 2 is 1.96 bits per heavy atom. The molecule has 0 fully saturated rings. The van der Waals surface area contributed by atoms with Crippen molar-refractivity contribution < 1.29 is 23.9 Å². The summed E-state index contributed by atoms with van der Waals surface area (Å²) in [4.78, 5) is 38.0. The van der Waals surface area contributed by atoms with Gasteiger partial charge in [-0.15, -0.1) is 0 Å². The van der Waals surface area contributed by atoms with Crippen LogP contribution in [0.1, 0.15) is 17.5 Å². The predicted molar refractivity (Wildman–Crippen MR) is 104 cm³/mol. The Labute approximate surface area is 163 Å². The highest BCUT2D eigenvalue weighted by molar-refractivity contribution is 6.00. The van der Waals surface area contributed by atoms with Gasteiger partial charge in [0.25, 0.3) is 5.91 Å². The summed E-state index contributed by atoms with van der Waals surface area (Å²) in [6, 6.07) is 12.7. The number of benzene rings is 2. The summed E-state index contributed by atoms with van der Waals surface area (Å²) in [5, 5.41) is 2.73. The molecule has 0 radical (unpaired) electrons. The molecule has 1 N–H and O–H groups in total. The molecule has 0 aromatic heterocycles. The van der Waals surface area contributed by atoms with Gasteiger partial charge in [0, 0.05) is 5.69 Å². The third kappa shape index (κ3) is 4.68. The van der Waals surface area contributed by atoms with Gasteiger partial charge in [0.2, 0.25) is 5.91 Å². The highest BCUT2D eigenvalue weighted by Crippen LogP contribution is 2.30. The van der Waals surface area contributed by atoms with Gasteiger partial charge in [0.15, 0.2) is 6.61 Å². The molecule has 0 atom stereocenters. The molecule has 0 saturated heterocycles. The number of nitrogens with zero attached hydrogens (tertiary/aromatic N) is 1. The maximum atomic E-state index is 12.3. The van der Waals surface area contributed by atoms with Crippen LogP contribution in [0.5, 0.6) is 5.75 Å². The number of rotatable bonds is 5. The first kappa shape index (κ1) is 19.4. The lowest BCUT2D eigenvalue weighted by Gasteiger charge is -2.20. The topological polar surface area (TPSA) is 84.9 Å². The number of ether oxygens (including phenoxy) is 2. The molecule has 7 heteroatoms. The maximum absolute atomic E-state index is 12.3. The van der Waals surface area contributed by atoms with Crippen LogP contribution in [0.2, 0.25) is 0 Å². The molecule has 0 aliphatic carbocycles. The third-order valence-electron chi connectivity index (χ3n) is 4.35. The van der Waals surface area contributed by atoms with Crippen molar-refractivity contribution in [1.82, 2.24) is 0 Å². The molecule has 0 unspecified atom stereocenters. The van der Waals surface area contributed by atoms with Crippen molar-refractivity contribution in [2.24, 2.45) is 0 Å². The van der Waals surface area contributed by atoms with Crippen molar-refractivity contribution in [1.29, 1.82) is 0 Å². The molecule has 2 aromatic carbocycles. The molecular formula is C21H22N2O5. The van der Waals surface area contributed by atoms with Gasteiger partial charge in [-0.1, -0.05) is 24.3 Å². The molecule has 0 spiro atoms. The Bertz CT molecular complexity index is 909. The van der Waals surface area contributed by atoms with Gasteiger partial charge >= 0.3 is 5.97 Å². The lowest BCUT2D eigenvalue weighted by atomic mass is 10.1. The average Bonchev–Trinajstić information content (AvgIpc) is 2.82. The van der Waals surface area contributed by atoms with Crippen molar-refractivity contribution in [2.75, 3.05) is 30.0 Å². The number of carbonyl (C=O) groups is 3. The third-order valence-corrected chi connectivity index (χ3v) is 4.35. The summed E-state index contributed by atoms with van der Waals surface area (Å²) < 4.78 is 10.6. The smallest absolute Gasteiger partial charge is 0.326 e. The monoisotopic (exact) mass is 382 g/mol. The van der Waals surface area contributed by atoms with Gasteiger partial charge < -0.3 is 14.8 Å². The predicted octanol–water partition coefficient (Wildman–Crippen LogP) is 2.60. The van der Waals surface area contributed by atoms with Crippen LogP contribution in [0.15, 0.2) is 42.5 Å². The zero-order valence-electron chi connectivity index (χ0n) is 15.9. The van der Waals surface area contributed by atoms with Gasteiger partial charge in [0.05, 0.1) is 18.7 Å². The Morgan fingerprint density at radius 1 is 1.18 bits per heavy atom. The number of para-hydroxylation sites is 2. The van der Waals surface area contributed by atoms with Crippen LogP contribution in [0.3, 0.4) is 0 Å². The van der Waals surface area contributed by atoms with Crippen LogP contribution in [0, 0.1) is 13.8 Å². The minimum absolute atomic E-state index is 0.162. The summed E-state index contributed by atoms with van der Waals surface area (Å²) in [5.41, 5.74) is 3.12. The number of amides is 2. The van der Waals surface area contributed by atoms with E-state index in [1.54, 1.807) is 24.3 Å². The molecule has 28 heavy (non-hydrogen) atoms. The molecule has 1 aliphatic heterocycles. The molecule has 2 aromatic rings. The fourth-order valence-corrected chi connectivity index (χ4v) is 2.87. The molecule has 0 bridgehead atoms. The van der Waals surface area contributed by atoms with E-state index >= 15 is 0 Å². The first-order chi connectivity index (χ1) is 13.4. The standard InChI is InChI=1S/C21H22N2O5/c1-14-7-8-15(2)16(11-14)22-19(24)13-28-21(26)12-23-17-5-3-4-6-18(17)27-10-9-20(23)25/h3-8,11H,9-10,12-13H2,1-2H3,(H,22,24). The number of fused-ring (bicyclic) bond motifs is 1. The second-order valence-corrected chi connectivity index (χ2v) is 6.57. The Balaban J connectivity index is 1.59. The lowest BCUT2D eigenvalue weighted by Crippen LogP contribution is -2.37. The molecule has 7 nitrogen and oxygen atoms in total. The summed E-state index contributed by atoms with van der Waals surface area (Å²) in [6.07, 6.45) is 0.162. The average molecular weight is 382 g/mol. The second-order valence-electron chi connectivity index (χ2n) is 6.57. The zero-order valence-corrected chi connectivity index (χ0v) is 15.9. The van der Waals surface area contributed by atoms with Crippen LogP contribution in [0.25, 0.3) is 0 Å². The largest absolute Gasteiger partial charge is 0.491 e. The van der Waals surface area contributed by atoms with Gasteiger partial charge in [0.1, 0.15) is 12.3 Å². The van der Waals surface area contributed by atoms with Crippen LogP contribution in [-0.2, 0) is 19.1 Å². The lowest BCUT2D eigenvalue weighted by molar-refractivity contribution is -0.146. The highest BCUT2D eigenvalue weighted by Gasteiger charge is 2.25. The zero-order chi connectivity index (χ0) is 20.1. The molecule has 146 valence electrons. The number of nitrogens with one attached hydrogen (secondary N) is 1.